The van der Waals surface area contributed by atoms with Gasteiger partial charge in [0.1, 0.15) is 0 Å². The van der Waals surface area contributed by atoms with E-state index in [1.165, 1.54) is 0 Å². The van der Waals surface area contributed by atoms with Gasteiger partial charge in [0, 0.05) is 71.5 Å². The molecule has 1 rings (SSSR count). The molecule has 1 unspecified atom stereocenters. The maximum Gasteiger partial charge on any atom is 0.317 e. The zero-order valence-corrected chi connectivity index (χ0v) is 17.6. The van der Waals surface area contributed by atoms with Crippen LogP contribution < -0.4 is 0 Å². The SMILES string of the molecule is C=CCN1CCN(CC=C)CCN(C(CO)CCC)CCN(CC(=O)O)CC1. The van der Waals surface area contributed by atoms with Crippen molar-refractivity contribution in [2.75, 3.05) is 78.6 Å². The van der Waals surface area contributed by atoms with Crippen LogP contribution in [0.1, 0.15) is 19.8 Å². The van der Waals surface area contributed by atoms with Gasteiger partial charge in [0.25, 0.3) is 0 Å². The number of aliphatic carboxylic acids is 1. The fourth-order valence-electron chi connectivity index (χ4n) is 3.72. The zero-order valence-electron chi connectivity index (χ0n) is 17.6. The van der Waals surface area contributed by atoms with Crippen molar-refractivity contribution >= 4 is 5.97 Å². The van der Waals surface area contributed by atoms with Gasteiger partial charge in [0.15, 0.2) is 0 Å². The number of nitrogens with zero attached hydrogens (tertiary/aromatic N) is 4. The van der Waals surface area contributed by atoms with E-state index in [-0.39, 0.29) is 19.2 Å². The van der Waals surface area contributed by atoms with Crippen molar-refractivity contribution in [1.29, 1.82) is 0 Å². The Labute approximate surface area is 170 Å². The highest BCUT2D eigenvalue weighted by molar-refractivity contribution is 5.69. The summed E-state index contributed by atoms with van der Waals surface area (Å²) < 4.78 is 0. The average molecular weight is 397 g/mol. The molecule has 2 N–H and O–H groups in total. The van der Waals surface area contributed by atoms with Crippen molar-refractivity contribution in [3.63, 3.8) is 0 Å². The van der Waals surface area contributed by atoms with Crippen LogP contribution in [0.15, 0.2) is 25.3 Å². The first kappa shape index (κ1) is 24.8. The van der Waals surface area contributed by atoms with E-state index in [1.54, 1.807) is 0 Å². The molecule has 1 fully saturated rings. The van der Waals surface area contributed by atoms with E-state index in [1.807, 2.05) is 17.1 Å². The number of rotatable bonds is 10. The Morgan fingerprint density at radius 1 is 0.929 bits per heavy atom. The maximum atomic E-state index is 11.3. The molecule has 1 heterocycles. The molecular formula is C21H40N4O3. The van der Waals surface area contributed by atoms with Gasteiger partial charge < -0.3 is 10.2 Å². The number of hydrogen-bond acceptors (Lipinski definition) is 6. The standard InChI is InChI=1S/C21H40N4O3/c1-4-7-20(19-26)25-16-14-23(9-6-3)11-10-22(8-5-2)12-13-24(15-17-25)18-21(27)28/h5-6,20,26H,2-4,7-19H2,1H3,(H,27,28). The van der Waals surface area contributed by atoms with Crippen LogP contribution in [0.4, 0.5) is 0 Å². The lowest BCUT2D eigenvalue weighted by atomic mass is 10.1. The van der Waals surface area contributed by atoms with E-state index >= 15 is 0 Å². The van der Waals surface area contributed by atoms with Gasteiger partial charge in [-0.2, -0.15) is 0 Å². The highest BCUT2D eigenvalue weighted by atomic mass is 16.4. The second-order valence-electron chi connectivity index (χ2n) is 7.51. The van der Waals surface area contributed by atoms with E-state index in [0.717, 1.165) is 65.2 Å². The van der Waals surface area contributed by atoms with Gasteiger partial charge in [-0.3, -0.25) is 24.4 Å². The fraction of sp³-hybridized carbons (Fsp3) is 0.762. The molecule has 28 heavy (non-hydrogen) atoms. The number of aliphatic hydroxyl groups excluding tert-OH is 1. The van der Waals surface area contributed by atoms with E-state index in [9.17, 15) is 15.0 Å². The molecule has 0 aromatic rings. The summed E-state index contributed by atoms with van der Waals surface area (Å²) in [6.07, 6.45) is 5.82. The minimum atomic E-state index is -0.793. The van der Waals surface area contributed by atoms with Crippen LogP contribution >= 0.6 is 0 Å². The van der Waals surface area contributed by atoms with Crippen LogP contribution in [0.3, 0.4) is 0 Å². The molecule has 0 aromatic heterocycles. The Bertz CT molecular complexity index is 461. The minimum absolute atomic E-state index is 0.0515. The van der Waals surface area contributed by atoms with E-state index < -0.39 is 5.97 Å². The first-order valence-corrected chi connectivity index (χ1v) is 10.5. The molecule has 1 aliphatic rings. The lowest BCUT2D eigenvalue weighted by Crippen LogP contribution is -2.50. The van der Waals surface area contributed by atoms with Crippen molar-refractivity contribution in [1.82, 2.24) is 19.6 Å². The molecule has 0 radical (unpaired) electrons. The second-order valence-corrected chi connectivity index (χ2v) is 7.51. The summed E-state index contributed by atoms with van der Waals surface area (Å²) in [5.74, 6) is -0.793. The lowest BCUT2D eigenvalue weighted by molar-refractivity contribution is -0.138. The Morgan fingerprint density at radius 3 is 1.82 bits per heavy atom. The fourth-order valence-corrected chi connectivity index (χ4v) is 3.72. The van der Waals surface area contributed by atoms with Crippen molar-refractivity contribution in [2.45, 2.75) is 25.8 Å². The van der Waals surface area contributed by atoms with Gasteiger partial charge in [-0.15, -0.1) is 13.2 Å². The first-order chi connectivity index (χ1) is 13.5. The van der Waals surface area contributed by atoms with Crippen LogP contribution in [-0.4, -0.2) is 120 Å². The van der Waals surface area contributed by atoms with E-state index in [0.29, 0.717) is 13.1 Å². The summed E-state index contributed by atoms with van der Waals surface area (Å²) >= 11 is 0. The van der Waals surface area contributed by atoms with Crippen LogP contribution in [0.25, 0.3) is 0 Å². The van der Waals surface area contributed by atoms with Crippen LogP contribution in [0.2, 0.25) is 0 Å². The Kier molecular flexibility index (Phi) is 13.0. The number of carboxylic acid groups (broad SMARTS) is 1. The topological polar surface area (TPSA) is 70.5 Å². The molecule has 0 aromatic carbocycles. The van der Waals surface area contributed by atoms with Gasteiger partial charge in [0.2, 0.25) is 0 Å². The predicted molar refractivity (Wildman–Crippen MR) is 115 cm³/mol. The monoisotopic (exact) mass is 396 g/mol. The summed E-state index contributed by atoms with van der Waals surface area (Å²) in [6.45, 7) is 18.3. The molecule has 1 atom stereocenters. The molecule has 0 bridgehead atoms. The lowest BCUT2D eigenvalue weighted by Gasteiger charge is -2.36. The first-order valence-electron chi connectivity index (χ1n) is 10.5. The average Bonchev–Trinajstić information content (AvgIpc) is 2.66. The van der Waals surface area contributed by atoms with Crippen molar-refractivity contribution in [3.05, 3.63) is 25.3 Å². The Balaban J connectivity index is 2.91. The number of carboxylic acids is 1. The number of carbonyl (C=O) groups is 1. The minimum Gasteiger partial charge on any atom is -0.480 e. The normalized spacial score (nSPS) is 20.8. The summed E-state index contributed by atoms with van der Waals surface area (Å²) in [4.78, 5) is 20.4. The number of hydrogen-bond donors (Lipinski definition) is 2. The smallest absolute Gasteiger partial charge is 0.317 e. The highest BCUT2D eigenvalue weighted by Gasteiger charge is 2.21. The van der Waals surface area contributed by atoms with Gasteiger partial charge in [-0.05, 0) is 6.42 Å². The number of aliphatic hydroxyl groups is 1. The third kappa shape index (κ3) is 9.80. The molecule has 0 aliphatic carbocycles. The zero-order chi connectivity index (χ0) is 20.8. The van der Waals surface area contributed by atoms with Crippen LogP contribution in [0, 0.1) is 0 Å². The predicted octanol–water partition coefficient (Wildman–Crippen LogP) is 0.826. The Morgan fingerprint density at radius 2 is 1.39 bits per heavy atom. The molecular weight excluding hydrogens is 356 g/mol. The molecule has 7 nitrogen and oxygen atoms in total. The molecule has 1 saturated heterocycles. The summed E-state index contributed by atoms with van der Waals surface area (Å²) in [5, 5.41) is 19.2. The molecule has 0 saturated carbocycles. The third-order valence-corrected chi connectivity index (χ3v) is 5.35. The van der Waals surface area contributed by atoms with Gasteiger partial charge in [0.05, 0.1) is 13.2 Å². The van der Waals surface area contributed by atoms with E-state index in [2.05, 4.69) is 34.8 Å². The van der Waals surface area contributed by atoms with E-state index in [4.69, 9.17) is 0 Å². The van der Waals surface area contributed by atoms with Gasteiger partial charge in [-0.1, -0.05) is 25.5 Å². The van der Waals surface area contributed by atoms with Crippen molar-refractivity contribution in [3.8, 4) is 0 Å². The van der Waals surface area contributed by atoms with Crippen molar-refractivity contribution in [2.24, 2.45) is 0 Å². The third-order valence-electron chi connectivity index (χ3n) is 5.35. The van der Waals surface area contributed by atoms with Crippen LogP contribution in [0.5, 0.6) is 0 Å². The molecule has 162 valence electrons. The molecule has 7 heteroatoms. The van der Waals surface area contributed by atoms with Crippen LogP contribution in [-0.2, 0) is 4.79 Å². The summed E-state index contributed by atoms with van der Waals surface area (Å²) in [5.41, 5.74) is 0. The highest BCUT2D eigenvalue weighted by Crippen LogP contribution is 2.09. The summed E-state index contributed by atoms with van der Waals surface area (Å²) in [7, 11) is 0. The molecule has 0 amide bonds. The maximum absolute atomic E-state index is 11.3. The van der Waals surface area contributed by atoms with Gasteiger partial charge >= 0.3 is 5.97 Å². The Hall–Kier alpha value is -1.25. The molecule has 1 aliphatic heterocycles. The molecule has 0 spiro atoms. The second kappa shape index (κ2) is 14.7. The summed E-state index contributed by atoms with van der Waals surface area (Å²) in [6, 6.07) is 0.127. The van der Waals surface area contributed by atoms with Gasteiger partial charge in [-0.25, -0.2) is 0 Å². The quantitative estimate of drug-likeness (QED) is 0.530. The van der Waals surface area contributed by atoms with Crippen molar-refractivity contribution < 1.29 is 15.0 Å². The largest absolute Gasteiger partial charge is 0.480 e.